The molecule has 0 heterocycles. The first kappa shape index (κ1) is 12.9. The second-order valence-electron chi connectivity index (χ2n) is 3.74. The maximum Gasteiger partial charge on any atom is 0.225 e. The minimum absolute atomic E-state index is 0.0162. The summed E-state index contributed by atoms with van der Waals surface area (Å²) in [5.74, 6) is 1.10. The Labute approximate surface area is 100 Å². The molecule has 0 unspecified atom stereocenters. The number of carbonyl (C=O) groups is 1. The lowest BCUT2D eigenvalue weighted by atomic mass is 10.1. The Hall–Kier alpha value is -1.16. The number of thioether (sulfide) groups is 1. The van der Waals surface area contributed by atoms with Crippen LogP contribution >= 0.6 is 11.8 Å². The van der Waals surface area contributed by atoms with Crippen molar-refractivity contribution >= 4 is 23.4 Å². The van der Waals surface area contributed by atoms with Gasteiger partial charge in [-0.05, 0) is 43.4 Å². The summed E-state index contributed by atoms with van der Waals surface area (Å²) in [6, 6.07) is 3.46. The lowest BCUT2D eigenvalue weighted by Crippen LogP contribution is -2.13. The Balaban J connectivity index is 2.73. The van der Waals surface area contributed by atoms with E-state index < -0.39 is 0 Å². The first-order chi connectivity index (χ1) is 7.54. The molecule has 0 bridgehead atoms. The molecule has 0 aromatic heterocycles. The topological polar surface area (TPSA) is 49.3 Å². The molecule has 1 aromatic rings. The van der Waals surface area contributed by atoms with Gasteiger partial charge in [0, 0.05) is 17.9 Å². The maximum atomic E-state index is 11.5. The number of amides is 1. The summed E-state index contributed by atoms with van der Waals surface area (Å²) in [4.78, 5) is 11.5. The molecule has 0 aliphatic carbocycles. The highest BCUT2D eigenvalue weighted by atomic mass is 32.2. The van der Waals surface area contributed by atoms with E-state index >= 15 is 0 Å². The highest BCUT2D eigenvalue weighted by Crippen LogP contribution is 2.25. The summed E-state index contributed by atoms with van der Waals surface area (Å²) in [5.41, 5.74) is 2.42. The minimum Gasteiger partial charge on any atom is -0.508 e. The highest BCUT2D eigenvalue weighted by Gasteiger charge is 2.06. The molecule has 3 nitrogen and oxygen atoms in total. The van der Waals surface area contributed by atoms with Gasteiger partial charge < -0.3 is 10.4 Å². The molecule has 0 atom stereocenters. The average Bonchev–Trinajstić information content (AvgIpc) is 2.23. The van der Waals surface area contributed by atoms with E-state index in [0.717, 1.165) is 22.6 Å². The lowest BCUT2D eigenvalue weighted by molar-refractivity contribution is -0.115. The lowest BCUT2D eigenvalue weighted by Gasteiger charge is -2.10. The zero-order chi connectivity index (χ0) is 12.1. The van der Waals surface area contributed by atoms with Gasteiger partial charge in [-0.2, -0.15) is 11.8 Å². The summed E-state index contributed by atoms with van der Waals surface area (Å²) in [6.45, 7) is 3.68. The van der Waals surface area contributed by atoms with Gasteiger partial charge in [-0.25, -0.2) is 0 Å². The van der Waals surface area contributed by atoms with E-state index in [-0.39, 0.29) is 11.7 Å². The van der Waals surface area contributed by atoms with Crippen molar-refractivity contribution in [2.45, 2.75) is 20.3 Å². The van der Waals surface area contributed by atoms with E-state index in [1.54, 1.807) is 23.9 Å². The number of hydrogen-bond donors (Lipinski definition) is 2. The first-order valence-electron chi connectivity index (χ1n) is 5.13. The van der Waals surface area contributed by atoms with Crippen LogP contribution in [0.1, 0.15) is 17.5 Å². The molecule has 0 saturated heterocycles. The van der Waals surface area contributed by atoms with E-state index in [0.29, 0.717) is 6.42 Å². The number of anilines is 1. The molecule has 88 valence electrons. The predicted molar refractivity (Wildman–Crippen MR) is 69.2 cm³/mol. The van der Waals surface area contributed by atoms with E-state index in [1.807, 2.05) is 20.1 Å². The monoisotopic (exact) mass is 239 g/mol. The third-order valence-corrected chi connectivity index (χ3v) is 2.96. The van der Waals surface area contributed by atoms with Crippen molar-refractivity contribution in [3.05, 3.63) is 23.3 Å². The summed E-state index contributed by atoms with van der Waals surface area (Å²) in [6.07, 6.45) is 2.49. The number of benzene rings is 1. The fourth-order valence-electron chi connectivity index (χ4n) is 1.34. The van der Waals surface area contributed by atoms with Gasteiger partial charge in [0.2, 0.25) is 5.91 Å². The van der Waals surface area contributed by atoms with Crippen LogP contribution in [-0.4, -0.2) is 23.0 Å². The number of phenolic OH excluding ortho intramolecular Hbond substituents is 1. The molecule has 0 radical (unpaired) electrons. The first-order valence-corrected chi connectivity index (χ1v) is 6.53. The van der Waals surface area contributed by atoms with E-state index in [4.69, 9.17) is 0 Å². The second kappa shape index (κ2) is 5.80. The number of aromatic hydroxyl groups is 1. The van der Waals surface area contributed by atoms with Gasteiger partial charge in [0.05, 0.1) is 0 Å². The number of phenols is 1. The van der Waals surface area contributed by atoms with Crippen LogP contribution in [0.5, 0.6) is 5.75 Å². The molecule has 0 aliphatic heterocycles. The van der Waals surface area contributed by atoms with E-state index in [2.05, 4.69) is 5.32 Å². The Morgan fingerprint density at radius 3 is 2.69 bits per heavy atom. The Kier molecular flexibility index (Phi) is 4.68. The number of rotatable bonds is 4. The van der Waals surface area contributed by atoms with Gasteiger partial charge in [0.15, 0.2) is 0 Å². The van der Waals surface area contributed by atoms with Gasteiger partial charge in [-0.1, -0.05) is 0 Å². The van der Waals surface area contributed by atoms with Crippen molar-refractivity contribution in [3.8, 4) is 5.75 Å². The fourth-order valence-corrected chi connectivity index (χ4v) is 1.73. The Morgan fingerprint density at radius 1 is 1.38 bits per heavy atom. The molecule has 0 aliphatic rings. The molecule has 0 fully saturated rings. The van der Waals surface area contributed by atoms with Crippen LogP contribution in [0, 0.1) is 13.8 Å². The summed E-state index contributed by atoms with van der Waals surface area (Å²) < 4.78 is 0. The van der Waals surface area contributed by atoms with Gasteiger partial charge in [0.1, 0.15) is 5.75 Å². The minimum atomic E-state index is 0.0162. The predicted octanol–water partition coefficient (Wildman–Crippen LogP) is 2.70. The van der Waals surface area contributed by atoms with Crippen molar-refractivity contribution in [3.63, 3.8) is 0 Å². The molecule has 0 saturated carbocycles. The summed E-state index contributed by atoms with van der Waals surface area (Å²) >= 11 is 1.65. The van der Waals surface area contributed by atoms with Crippen molar-refractivity contribution < 1.29 is 9.90 Å². The smallest absolute Gasteiger partial charge is 0.225 e. The number of nitrogens with one attached hydrogen (secondary N) is 1. The highest BCUT2D eigenvalue weighted by molar-refractivity contribution is 7.98. The SMILES string of the molecule is CSCCC(=O)Nc1cc(C)c(O)cc1C. The van der Waals surface area contributed by atoms with Crippen LogP contribution in [0.3, 0.4) is 0 Å². The zero-order valence-electron chi connectivity index (χ0n) is 9.83. The normalized spacial score (nSPS) is 10.2. The quantitative estimate of drug-likeness (QED) is 0.794. The molecular formula is C12H17NO2S. The van der Waals surface area contributed by atoms with Crippen LogP contribution in [0.4, 0.5) is 5.69 Å². The standard InChI is InChI=1S/C12H17NO2S/c1-8-7-11(14)9(2)6-10(8)13-12(15)4-5-16-3/h6-7,14H,4-5H2,1-3H3,(H,13,15). The molecule has 2 N–H and O–H groups in total. The molecule has 16 heavy (non-hydrogen) atoms. The van der Waals surface area contributed by atoms with Crippen molar-refractivity contribution in [2.24, 2.45) is 0 Å². The number of hydrogen-bond acceptors (Lipinski definition) is 3. The fraction of sp³-hybridized carbons (Fsp3) is 0.417. The molecule has 4 heteroatoms. The second-order valence-corrected chi connectivity index (χ2v) is 4.73. The molecule has 1 amide bonds. The molecule has 1 aromatic carbocycles. The zero-order valence-corrected chi connectivity index (χ0v) is 10.6. The van der Waals surface area contributed by atoms with Gasteiger partial charge in [0.25, 0.3) is 0 Å². The van der Waals surface area contributed by atoms with Gasteiger partial charge in [-0.3, -0.25) is 4.79 Å². The summed E-state index contributed by atoms with van der Waals surface area (Å²) in [5, 5.41) is 12.3. The number of carbonyl (C=O) groups excluding carboxylic acids is 1. The Morgan fingerprint density at radius 2 is 2.06 bits per heavy atom. The van der Waals surface area contributed by atoms with Crippen LogP contribution in [-0.2, 0) is 4.79 Å². The number of aryl methyl sites for hydroxylation is 2. The maximum absolute atomic E-state index is 11.5. The van der Waals surface area contributed by atoms with E-state index in [1.165, 1.54) is 0 Å². The van der Waals surface area contributed by atoms with Crippen LogP contribution in [0.2, 0.25) is 0 Å². The third-order valence-electron chi connectivity index (χ3n) is 2.35. The molecule has 0 spiro atoms. The molecular weight excluding hydrogens is 222 g/mol. The van der Waals surface area contributed by atoms with Gasteiger partial charge in [-0.15, -0.1) is 0 Å². The van der Waals surface area contributed by atoms with Crippen LogP contribution in [0.15, 0.2) is 12.1 Å². The Bertz CT molecular complexity index is 391. The molecule has 1 rings (SSSR count). The van der Waals surface area contributed by atoms with Crippen molar-refractivity contribution in [2.75, 3.05) is 17.3 Å². The van der Waals surface area contributed by atoms with Crippen LogP contribution < -0.4 is 5.32 Å². The van der Waals surface area contributed by atoms with E-state index in [9.17, 15) is 9.90 Å². The largest absolute Gasteiger partial charge is 0.508 e. The van der Waals surface area contributed by atoms with Crippen LogP contribution in [0.25, 0.3) is 0 Å². The van der Waals surface area contributed by atoms with Crippen molar-refractivity contribution in [1.29, 1.82) is 0 Å². The average molecular weight is 239 g/mol. The van der Waals surface area contributed by atoms with Crippen molar-refractivity contribution in [1.82, 2.24) is 0 Å². The summed E-state index contributed by atoms with van der Waals surface area (Å²) in [7, 11) is 0. The third kappa shape index (κ3) is 3.45. The van der Waals surface area contributed by atoms with Gasteiger partial charge >= 0.3 is 0 Å².